The van der Waals surface area contributed by atoms with Gasteiger partial charge in [0.25, 0.3) is 0 Å². The van der Waals surface area contributed by atoms with Gasteiger partial charge in [-0.15, -0.1) is 0 Å². The van der Waals surface area contributed by atoms with Crippen molar-refractivity contribution in [3.8, 4) is 11.1 Å². The molecule has 1 saturated carbocycles. The van der Waals surface area contributed by atoms with E-state index in [0.717, 1.165) is 28.7 Å². The maximum Gasteiger partial charge on any atom is 0.414 e. The number of ether oxygens (including phenoxy) is 5. The molecule has 3 saturated heterocycles. The molecule has 0 radical (unpaired) electrons. The van der Waals surface area contributed by atoms with Crippen molar-refractivity contribution < 1.29 is 42.9 Å². The third-order valence-electron chi connectivity index (χ3n) is 11.6. The standard InChI is InChI=1S/C41H51N3O9S/c1-25(2)15-16-33-40(3,53-33)36-35(49-4)32(17-18-41(36)24-51-41)52-38(47)43-34(45)23-54-21-19-42-37(46)31-14-9-20-44(31)39(48)50-22-30-28-12-7-5-10-26(28)27-11-6-8-13-29(27)30/h5-8,10-13,15,30-33,35-36H,9,14,16-24H2,1-4H3,(H,42,46)(H,43,45,47)/t31?,32-,33-,35-,36-,40+,41+/m1/s1. The molecule has 3 aliphatic heterocycles. The largest absolute Gasteiger partial charge is 0.448 e. The van der Waals surface area contributed by atoms with Gasteiger partial charge in [-0.1, -0.05) is 60.2 Å². The molecule has 2 aromatic rings. The number of imide groups is 1. The Morgan fingerprint density at radius 2 is 1.74 bits per heavy atom. The monoisotopic (exact) mass is 761 g/mol. The summed E-state index contributed by atoms with van der Waals surface area (Å²) in [7, 11) is 1.61. The first-order valence-electron chi connectivity index (χ1n) is 19.0. The van der Waals surface area contributed by atoms with E-state index in [-0.39, 0.29) is 41.8 Å². The second-order valence-corrected chi connectivity index (χ2v) is 16.5. The smallest absolute Gasteiger partial charge is 0.414 e. The van der Waals surface area contributed by atoms with Gasteiger partial charge in [0, 0.05) is 31.9 Å². The molecular weight excluding hydrogens is 711 g/mol. The number of amides is 4. The van der Waals surface area contributed by atoms with Crippen LogP contribution in [0.5, 0.6) is 0 Å². The van der Waals surface area contributed by atoms with Gasteiger partial charge in [-0.05, 0) is 75.1 Å². The highest BCUT2D eigenvalue weighted by atomic mass is 32.2. The van der Waals surface area contributed by atoms with E-state index < -0.39 is 41.9 Å². The zero-order valence-electron chi connectivity index (χ0n) is 31.5. The summed E-state index contributed by atoms with van der Waals surface area (Å²) in [5.41, 5.74) is 5.00. The Morgan fingerprint density at radius 3 is 2.41 bits per heavy atom. The number of alkyl carbamates (subject to hydrolysis) is 1. The minimum Gasteiger partial charge on any atom is -0.448 e. The molecule has 2 aliphatic carbocycles. The third kappa shape index (κ3) is 7.91. The molecule has 54 heavy (non-hydrogen) atoms. The number of methoxy groups -OCH3 is 1. The summed E-state index contributed by atoms with van der Waals surface area (Å²) in [6, 6.07) is 15.7. The fourth-order valence-electron chi connectivity index (χ4n) is 8.85. The Hall–Kier alpha value is -3.91. The molecule has 5 aliphatic rings. The van der Waals surface area contributed by atoms with Crippen molar-refractivity contribution in [2.75, 3.05) is 44.9 Å². The quantitative estimate of drug-likeness (QED) is 0.151. The predicted octanol–water partition coefficient (Wildman–Crippen LogP) is 5.58. The van der Waals surface area contributed by atoms with Crippen LogP contribution in [0.1, 0.15) is 69.9 Å². The second-order valence-electron chi connectivity index (χ2n) is 15.4. The molecule has 1 spiro atoms. The molecule has 2 aromatic carbocycles. The van der Waals surface area contributed by atoms with E-state index in [9.17, 15) is 19.2 Å². The number of fused-ring (bicyclic) bond motifs is 3. The van der Waals surface area contributed by atoms with Crippen molar-refractivity contribution in [3.63, 3.8) is 0 Å². The second kappa shape index (κ2) is 16.1. The van der Waals surface area contributed by atoms with Gasteiger partial charge in [0.2, 0.25) is 11.8 Å². The number of rotatable bonds is 13. The van der Waals surface area contributed by atoms with Crippen LogP contribution in [0.3, 0.4) is 0 Å². The van der Waals surface area contributed by atoms with E-state index in [0.29, 0.717) is 51.1 Å². The van der Waals surface area contributed by atoms with Crippen LogP contribution in [0.4, 0.5) is 9.59 Å². The van der Waals surface area contributed by atoms with Gasteiger partial charge < -0.3 is 29.0 Å². The summed E-state index contributed by atoms with van der Waals surface area (Å²) in [4.78, 5) is 53.3. The highest BCUT2D eigenvalue weighted by molar-refractivity contribution is 7.99. The number of carbonyl (C=O) groups excluding carboxylic acids is 4. The number of carbonyl (C=O) groups is 4. The van der Waals surface area contributed by atoms with Crippen LogP contribution in [0.2, 0.25) is 0 Å². The van der Waals surface area contributed by atoms with Gasteiger partial charge in [0.15, 0.2) is 0 Å². The Labute approximate surface area is 321 Å². The Balaban J connectivity index is 0.819. The van der Waals surface area contributed by atoms with E-state index >= 15 is 0 Å². The van der Waals surface area contributed by atoms with Crippen LogP contribution in [-0.2, 0) is 33.3 Å². The number of thioether (sulfide) groups is 1. The SMILES string of the molecule is CO[C@@H]1[C@H](OC(=O)NC(=O)CSCCNC(=O)C2CCCN2C(=O)OCC2c3ccccc3-c3ccccc32)CC[C@]2(CO2)[C@H]1[C@@]1(C)O[C@@H]1CC=C(C)C. The molecule has 3 heterocycles. The molecule has 2 N–H and O–H groups in total. The molecule has 4 amide bonds. The average molecular weight is 762 g/mol. The number of nitrogens with zero attached hydrogens (tertiary/aromatic N) is 1. The maximum atomic E-state index is 13.2. The molecule has 290 valence electrons. The van der Waals surface area contributed by atoms with E-state index in [1.165, 1.54) is 22.2 Å². The molecule has 0 bridgehead atoms. The lowest BCUT2D eigenvalue weighted by molar-refractivity contribution is -0.125. The number of benzene rings is 2. The van der Waals surface area contributed by atoms with Crippen molar-refractivity contribution in [1.82, 2.24) is 15.5 Å². The summed E-state index contributed by atoms with van der Waals surface area (Å²) >= 11 is 1.28. The van der Waals surface area contributed by atoms with Crippen LogP contribution in [0.15, 0.2) is 60.2 Å². The van der Waals surface area contributed by atoms with Gasteiger partial charge in [-0.3, -0.25) is 19.8 Å². The molecule has 0 aromatic heterocycles. The first-order valence-corrected chi connectivity index (χ1v) is 20.2. The van der Waals surface area contributed by atoms with E-state index in [1.54, 1.807) is 7.11 Å². The van der Waals surface area contributed by atoms with Crippen molar-refractivity contribution in [2.45, 2.75) is 94.3 Å². The minimum absolute atomic E-state index is 0.0101. The fourth-order valence-corrected chi connectivity index (χ4v) is 9.50. The molecule has 1 unspecified atom stereocenters. The van der Waals surface area contributed by atoms with E-state index in [4.69, 9.17) is 23.7 Å². The normalized spacial score (nSPS) is 29.2. The number of allylic oxidation sites excluding steroid dienone is 1. The first-order chi connectivity index (χ1) is 26.0. The molecule has 4 fully saturated rings. The summed E-state index contributed by atoms with van der Waals surface area (Å²) in [6.07, 6.45) is 3.21. The van der Waals surface area contributed by atoms with E-state index in [2.05, 4.69) is 61.7 Å². The summed E-state index contributed by atoms with van der Waals surface area (Å²) in [5, 5.41) is 5.22. The summed E-state index contributed by atoms with van der Waals surface area (Å²) in [6.45, 7) is 7.77. The van der Waals surface area contributed by atoms with Crippen LogP contribution in [0, 0.1) is 5.92 Å². The topological polar surface area (TPSA) is 148 Å². The highest BCUT2D eigenvalue weighted by Gasteiger charge is 2.72. The highest BCUT2D eigenvalue weighted by Crippen LogP contribution is 2.59. The summed E-state index contributed by atoms with van der Waals surface area (Å²) < 4.78 is 29.7. The summed E-state index contributed by atoms with van der Waals surface area (Å²) in [5.74, 6) is -0.465. The van der Waals surface area contributed by atoms with Gasteiger partial charge in [0.05, 0.1) is 24.4 Å². The fraction of sp³-hybridized carbons (Fsp3) is 0.561. The molecule has 12 nitrogen and oxygen atoms in total. The number of hydrogen-bond donors (Lipinski definition) is 2. The Bertz CT molecular complexity index is 1730. The van der Waals surface area contributed by atoms with Crippen molar-refractivity contribution in [2.24, 2.45) is 5.92 Å². The Morgan fingerprint density at radius 1 is 1.04 bits per heavy atom. The van der Waals surface area contributed by atoms with Crippen molar-refractivity contribution in [3.05, 3.63) is 71.3 Å². The molecule has 13 heteroatoms. The van der Waals surface area contributed by atoms with Crippen LogP contribution in [-0.4, -0.2) is 109 Å². The first kappa shape index (κ1) is 38.4. The lowest BCUT2D eigenvalue weighted by Crippen LogP contribution is -2.56. The zero-order chi connectivity index (χ0) is 38.0. The van der Waals surface area contributed by atoms with Crippen LogP contribution < -0.4 is 10.6 Å². The molecular formula is C41H51N3O9S. The minimum atomic E-state index is -0.815. The van der Waals surface area contributed by atoms with Crippen LogP contribution >= 0.6 is 11.8 Å². The van der Waals surface area contributed by atoms with Crippen molar-refractivity contribution >= 4 is 35.8 Å². The average Bonchev–Trinajstić information content (AvgIpc) is 3.95. The van der Waals surface area contributed by atoms with Gasteiger partial charge in [0.1, 0.15) is 36.1 Å². The van der Waals surface area contributed by atoms with Gasteiger partial charge in [-0.2, -0.15) is 11.8 Å². The predicted molar refractivity (Wildman–Crippen MR) is 203 cm³/mol. The van der Waals surface area contributed by atoms with Crippen molar-refractivity contribution in [1.29, 1.82) is 0 Å². The molecule has 7 rings (SSSR count). The number of likely N-dealkylation sites (tertiary alicyclic amines) is 1. The lowest BCUT2D eigenvalue weighted by Gasteiger charge is -2.42. The number of nitrogens with one attached hydrogen (secondary N) is 2. The van der Waals surface area contributed by atoms with Crippen LogP contribution in [0.25, 0.3) is 11.1 Å². The van der Waals surface area contributed by atoms with Gasteiger partial charge in [-0.25, -0.2) is 9.59 Å². The zero-order valence-corrected chi connectivity index (χ0v) is 32.3. The number of hydrogen-bond acceptors (Lipinski definition) is 10. The number of epoxide rings is 2. The van der Waals surface area contributed by atoms with Gasteiger partial charge >= 0.3 is 12.2 Å². The van der Waals surface area contributed by atoms with E-state index in [1.807, 2.05) is 24.3 Å². The Kier molecular flexibility index (Phi) is 11.4. The molecule has 7 atom stereocenters. The maximum absolute atomic E-state index is 13.2. The third-order valence-corrected chi connectivity index (χ3v) is 12.6. The lowest BCUT2D eigenvalue weighted by atomic mass is 9.68.